The summed E-state index contributed by atoms with van der Waals surface area (Å²) in [6.07, 6.45) is 5.62. The van der Waals surface area contributed by atoms with Gasteiger partial charge in [-0.2, -0.15) is 0 Å². The molecule has 1 saturated carbocycles. The van der Waals surface area contributed by atoms with Crippen LogP contribution in [-0.2, 0) is 9.53 Å². The van der Waals surface area contributed by atoms with E-state index in [1.54, 1.807) is 0 Å². The summed E-state index contributed by atoms with van der Waals surface area (Å²) < 4.78 is 5.52. The van der Waals surface area contributed by atoms with Gasteiger partial charge in [-0.1, -0.05) is 15.9 Å². The lowest BCUT2D eigenvalue weighted by Crippen LogP contribution is -2.42. The summed E-state index contributed by atoms with van der Waals surface area (Å²) in [5, 5.41) is 0. The maximum atomic E-state index is 12.1. The number of alkyl halides is 1. The Kier molecular flexibility index (Phi) is 4.86. The SMILES string of the molecule is CCOC1CC(CC(=O)N2CCCC(Br)C2)C1. The number of halogens is 1. The zero-order chi connectivity index (χ0) is 12.3. The van der Waals surface area contributed by atoms with Crippen LogP contribution in [0.5, 0.6) is 0 Å². The number of hydrogen-bond donors (Lipinski definition) is 0. The number of amides is 1. The molecule has 1 aliphatic heterocycles. The topological polar surface area (TPSA) is 29.5 Å². The van der Waals surface area contributed by atoms with Gasteiger partial charge in [-0.25, -0.2) is 0 Å². The molecule has 98 valence electrons. The Morgan fingerprint density at radius 1 is 1.47 bits per heavy atom. The van der Waals surface area contributed by atoms with Crippen molar-refractivity contribution in [3.63, 3.8) is 0 Å². The van der Waals surface area contributed by atoms with Crippen molar-refractivity contribution in [2.24, 2.45) is 5.92 Å². The molecule has 4 heteroatoms. The summed E-state index contributed by atoms with van der Waals surface area (Å²) in [5.74, 6) is 0.906. The van der Waals surface area contributed by atoms with E-state index in [1.165, 1.54) is 6.42 Å². The van der Waals surface area contributed by atoms with Gasteiger partial charge >= 0.3 is 0 Å². The molecule has 0 radical (unpaired) electrons. The summed E-state index contributed by atoms with van der Waals surface area (Å²) in [4.78, 5) is 14.6. The van der Waals surface area contributed by atoms with Crippen molar-refractivity contribution in [3.05, 3.63) is 0 Å². The number of likely N-dealkylation sites (tertiary alicyclic amines) is 1. The zero-order valence-corrected chi connectivity index (χ0v) is 12.1. The van der Waals surface area contributed by atoms with Gasteiger partial charge in [-0.05, 0) is 38.5 Å². The summed E-state index contributed by atoms with van der Waals surface area (Å²) in [6, 6.07) is 0. The number of carbonyl (C=O) groups excluding carboxylic acids is 1. The maximum absolute atomic E-state index is 12.1. The van der Waals surface area contributed by atoms with Crippen LogP contribution in [0, 0.1) is 5.92 Å². The minimum absolute atomic E-state index is 0.342. The number of rotatable bonds is 4. The fraction of sp³-hybridized carbons (Fsp3) is 0.923. The largest absolute Gasteiger partial charge is 0.378 e. The molecule has 1 atom stereocenters. The van der Waals surface area contributed by atoms with E-state index < -0.39 is 0 Å². The maximum Gasteiger partial charge on any atom is 0.222 e. The lowest BCUT2D eigenvalue weighted by Gasteiger charge is -2.37. The highest BCUT2D eigenvalue weighted by Crippen LogP contribution is 2.33. The van der Waals surface area contributed by atoms with Crippen LogP contribution in [-0.4, -0.2) is 41.4 Å². The van der Waals surface area contributed by atoms with Gasteiger partial charge in [0.2, 0.25) is 5.91 Å². The van der Waals surface area contributed by atoms with Gasteiger partial charge in [0, 0.05) is 30.9 Å². The van der Waals surface area contributed by atoms with Crippen LogP contribution in [0.25, 0.3) is 0 Å². The molecule has 1 aliphatic carbocycles. The molecule has 0 aromatic carbocycles. The molecule has 0 spiro atoms. The molecule has 1 heterocycles. The molecule has 1 unspecified atom stereocenters. The lowest BCUT2D eigenvalue weighted by molar-refractivity contribution is -0.135. The van der Waals surface area contributed by atoms with Crippen molar-refractivity contribution in [3.8, 4) is 0 Å². The Morgan fingerprint density at radius 2 is 2.24 bits per heavy atom. The Balaban J connectivity index is 1.68. The third kappa shape index (κ3) is 3.68. The standard InChI is InChI=1S/C13H22BrNO2/c1-2-17-12-6-10(7-12)8-13(16)15-5-3-4-11(14)9-15/h10-12H,2-9H2,1H3. The number of nitrogens with zero attached hydrogens (tertiary/aromatic N) is 1. The van der Waals surface area contributed by atoms with Gasteiger partial charge in [0.1, 0.15) is 0 Å². The summed E-state index contributed by atoms with van der Waals surface area (Å²) in [7, 11) is 0. The van der Waals surface area contributed by atoms with Crippen molar-refractivity contribution in [2.45, 2.75) is 50.0 Å². The molecule has 2 rings (SSSR count). The van der Waals surface area contributed by atoms with Crippen molar-refractivity contribution in [1.29, 1.82) is 0 Å². The van der Waals surface area contributed by atoms with E-state index in [0.717, 1.165) is 45.4 Å². The van der Waals surface area contributed by atoms with E-state index in [9.17, 15) is 4.79 Å². The third-order valence-electron chi connectivity index (χ3n) is 3.77. The first-order chi connectivity index (χ1) is 8.19. The van der Waals surface area contributed by atoms with Crippen LogP contribution >= 0.6 is 15.9 Å². The summed E-state index contributed by atoms with van der Waals surface area (Å²) in [5.41, 5.74) is 0. The molecule has 0 bridgehead atoms. The molecule has 1 saturated heterocycles. The van der Waals surface area contributed by atoms with Crippen molar-refractivity contribution in [1.82, 2.24) is 4.90 Å². The van der Waals surface area contributed by atoms with Gasteiger partial charge in [0.25, 0.3) is 0 Å². The minimum atomic E-state index is 0.342. The van der Waals surface area contributed by atoms with Crippen LogP contribution in [0.4, 0.5) is 0 Å². The highest BCUT2D eigenvalue weighted by Gasteiger charge is 2.33. The molecule has 0 aromatic rings. The number of hydrogen-bond acceptors (Lipinski definition) is 2. The monoisotopic (exact) mass is 303 g/mol. The predicted octanol–water partition coefficient (Wildman–Crippen LogP) is 2.58. The van der Waals surface area contributed by atoms with Crippen LogP contribution < -0.4 is 0 Å². The second-order valence-corrected chi connectivity index (χ2v) is 6.49. The van der Waals surface area contributed by atoms with Gasteiger partial charge in [-0.15, -0.1) is 0 Å². The smallest absolute Gasteiger partial charge is 0.222 e. The number of ether oxygens (including phenoxy) is 1. The van der Waals surface area contributed by atoms with E-state index in [-0.39, 0.29) is 0 Å². The average Bonchev–Trinajstić information content (AvgIpc) is 2.26. The van der Waals surface area contributed by atoms with Crippen LogP contribution in [0.15, 0.2) is 0 Å². The Labute approximate surface area is 112 Å². The van der Waals surface area contributed by atoms with Crippen molar-refractivity contribution < 1.29 is 9.53 Å². The van der Waals surface area contributed by atoms with Crippen LogP contribution in [0.2, 0.25) is 0 Å². The fourth-order valence-electron chi connectivity index (χ4n) is 2.74. The molecule has 3 nitrogen and oxygen atoms in total. The number of piperidine rings is 1. The molecular formula is C13H22BrNO2. The molecule has 17 heavy (non-hydrogen) atoms. The van der Waals surface area contributed by atoms with E-state index in [2.05, 4.69) is 15.9 Å². The Hall–Kier alpha value is -0.0900. The van der Waals surface area contributed by atoms with Crippen LogP contribution in [0.1, 0.15) is 39.0 Å². The van der Waals surface area contributed by atoms with E-state index in [4.69, 9.17) is 4.74 Å². The number of carbonyl (C=O) groups is 1. The fourth-order valence-corrected chi connectivity index (χ4v) is 3.41. The van der Waals surface area contributed by atoms with E-state index in [1.807, 2.05) is 11.8 Å². The predicted molar refractivity (Wildman–Crippen MR) is 71.3 cm³/mol. The quantitative estimate of drug-likeness (QED) is 0.747. The van der Waals surface area contributed by atoms with Gasteiger partial charge in [0.05, 0.1) is 6.10 Å². The highest BCUT2D eigenvalue weighted by atomic mass is 79.9. The normalized spacial score (nSPS) is 33.3. The van der Waals surface area contributed by atoms with Crippen LogP contribution in [0.3, 0.4) is 0 Å². The minimum Gasteiger partial charge on any atom is -0.378 e. The van der Waals surface area contributed by atoms with E-state index >= 15 is 0 Å². The van der Waals surface area contributed by atoms with Gasteiger partial charge in [0.15, 0.2) is 0 Å². The molecule has 2 aliphatic rings. The van der Waals surface area contributed by atoms with Gasteiger partial charge < -0.3 is 9.64 Å². The van der Waals surface area contributed by atoms with E-state index in [0.29, 0.717) is 22.8 Å². The molecule has 2 fully saturated rings. The average molecular weight is 304 g/mol. The first-order valence-corrected chi connectivity index (χ1v) is 7.64. The Morgan fingerprint density at radius 3 is 2.88 bits per heavy atom. The Bertz CT molecular complexity index is 266. The second kappa shape index (κ2) is 6.19. The summed E-state index contributed by atoms with van der Waals surface area (Å²) >= 11 is 3.61. The first-order valence-electron chi connectivity index (χ1n) is 6.72. The zero-order valence-electron chi connectivity index (χ0n) is 10.5. The summed E-state index contributed by atoms with van der Waals surface area (Å²) in [6.45, 7) is 4.66. The molecule has 0 aromatic heterocycles. The lowest BCUT2D eigenvalue weighted by atomic mass is 9.79. The second-order valence-electron chi connectivity index (χ2n) is 5.20. The molecule has 1 amide bonds. The van der Waals surface area contributed by atoms with Gasteiger partial charge in [-0.3, -0.25) is 4.79 Å². The third-order valence-corrected chi connectivity index (χ3v) is 4.52. The molecule has 0 N–H and O–H groups in total. The van der Waals surface area contributed by atoms with Crippen molar-refractivity contribution in [2.75, 3.05) is 19.7 Å². The first kappa shape index (κ1) is 13.3. The molecular weight excluding hydrogens is 282 g/mol. The highest BCUT2D eigenvalue weighted by molar-refractivity contribution is 9.09. The van der Waals surface area contributed by atoms with Crippen molar-refractivity contribution >= 4 is 21.8 Å².